The lowest BCUT2D eigenvalue weighted by Crippen LogP contribution is -2.63. The number of fused-ring (bicyclic) bond motifs is 4. The smallest absolute Gasteiger partial charge is 0.358 e. The van der Waals surface area contributed by atoms with E-state index < -0.39 is 6.85 Å². The minimum Gasteiger partial charge on any atom is -0.507 e. The molecule has 3 aliphatic heterocycles. The van der Waals surface area contributed by atoms with Crippen molar-refractivity contribution in [1.82, 2.24) is 19.3 Å². The fraction of sp³-hybridized carbons (Fsp3) is 0.265. The number of phenolic OH excluding ortho intramolecular Hbond substituents is 1. The molecule has 0 unspecified atom stereocenters. The third-order valence-corrected chi connectivity index (χ3v) is 15.5. The zero-order chi connectivity index (χ0) is 53.1. The lowest BCUT2D eigenvalue weighted by molar-refractivity contribution is 0.308. The molecule has 6 nitrogen and oxygen atoms in total. The average Bonchev–Trinajstić information content (AvgIpc) is 3.77. The van der Waals surface area contributed by atoms with E-state index in [1.54, 1.807) is 0 Å². The van der Waals surface area contributed by atoms with E-state index in [-0.39, 0.29) is 27.4 Å². The molecule has 6 aromatic carbocycles. The van der Waals surface area contributed by atoms with Crippen LogP contribution in [0.2, 0.25) is 0 Å². The van der Waals surface area contributed by atoms with Gasteiger partial charge >= 0.3 is 6.85 Å². The maximum atomic E-state index is 12.9. The second kappa shape index (κ2) is 17.8. The number of aryl methyl sites for hydroxylation is 2. The van der Waals surface area contributed by atoms with Gasteiger partial charge in [-0.05, 0) is 145 Å². The predicted octanol–water partition coefficient (Wildman–Crippen LogP) is 15.4. The van der Waals surface area contributed by atoms with Gasteiger partial charge < -0.3 is 14.7 Å². The minimum absolute atomic E-state index is 0.129. The molecule has 3 aliphatic rings. The third-order valence-electron chi connectivity index (χ3n) is 15.5. The van der Waals surface area contributed by atoms with Crippen LogP contribution < -0.4 is 15.8 Å². The van der Waals surface area contributed by atoms with Crippen LogP contribution in [0.25, 0.3) is 56.2 Å². The van der Waals surface area contributed by atoms with Crippen LogP contribution in [0.3, 0.4) is 0 Å². The Kier molecular flexibility index (Phi) is 11.7. The first-order valence-corrected chi connectivity index (χ1v) is 26.6. The number of rotatable bonds is 6. The second-order valence-electron chi connectivity index (χ2n) is 25.0. The number of aromatic nitrogens is 3. The Morgan fingerprint density at radius 3 is 1.84 bits per heavy atom. The number of phenols is 1. The molecule has 376 valence electrons. The Bertz CT molecular complexity index is 3680. The Morgan fingerprint density at radius 2 is 1.20 bits per heavy atom. The molecule has 0 fully saturated rings. The second-order valence-corrected chi connectivity index (χ2v) is 25.0. The Balaban J connectivity index is 1.30. The summed E-state index contributed by atoms with van der Waals surface area (Å²) in [4.78, 5) is 13.5. The van der Waals surface area contributed by atoms with Crippen LogP contribution in [-0.4, -0.2) is 31.3 Å². The number of aromatic hydroxyl groups is 1. The van der Waals surface area contributed by atoms with Gasteiger partial charge in [-0.15, -0.1) is 0 Å². The molecule has 0 amide bonds. The number of pyridine rings is 1. The lowest BCUT2D eigenvalue weighted by Gasteiger charge is -2.45. The van der Waals surface area contributed by atoms with E-state index in [2.05, 4.69) is 258 Å². The molecule has 11 rings (SSSR count). The Hall–Kier alpha value is -7.64. The highest BCUT2D eigenvalue weighted by atomic mass is 16.5. The summed E-state index contributed by atoms with van der Waals surface area (Å²) in [6, 6.07) is 48.0. The fourth-order valence-corrected chi connectivity index (χ4v) is 11.4. The number of ether oxygens (including phenoxy) is 1. The van der Waals surface area contributed by atoms with Crippen molar-refractivity contribution < 1.29 is 9.84 Å². The van der Waals surface area contributed by atoms with Gasteiger partial charge in [-0.1, -0.05) is 186 Å². The normalized spacial score (nSPS) is 14.3. The van der Waals surface area contributed by atoms with Gasteiger partial charge in [-0.2, -0.15) is 0 Å². The average molecular weight is 985 g/mol. The van der Waals surface area contributed by atoms with Gasteiger partial charge in [0, 0.05) is 34.2 Å². The lowest BCUT2D eigenvalue weighted by atomic mass is 9.46. The Morgan fingerprint density at radius 1 is 0.560 bits per heavy atom. The van der Waals surface area contributed by atoms with E-state index in [1.165, 1.54) is 39.0 Å². The molecule has 0 saturated carbocycles. The van der Waals surface area contributed by atoms with Crippen molar-refractivity contribution in [3.63, 3.8) is 0 Å². The van der Waals surface area contributed by atoms with Crippen molar-refractivity contribution in [3.05, 3.63) is 214 Å². The van der Waals surface area contributed by atoms with E-state index in [0.29, 0.717) is 23.2 Å². The summed E-state index contributed by atoms with van der Waals surface area (Å²) < 4.78 is 9.73. The highest BCUT2D eigenvalue weighted by molar-refractivity contribution is 6.85. The summed E-state index contributed by atoms with van der Waals surface area (Å²) in [5.41, 5.74) is 20.1. The van der Waals surface area contributed by atoms with Gasteiger partial charge in [0.15, 0.2) is 11.7 Å². The van der Waals surface area contributed by atoms with Gasteiger partial charge in [-0.25, -0.2) is 4.98 Å². The van der Waals surface area contributed by atoms with Crippen molar-refractivity contribution in [2.24, 2.45) is 0 Å². The summed E-state index contributed by atoms with van der Waals surface area (Å²) in [6.07, 6.45) is 8.42. The molecular weight excluding hydrogens is 916 g/mol. The van der Waals surface area contributed by atoms with E-state index in [9.17, 15) is 5.11 Å². The zero-order valence-electron chi connectivity index (χ0n) is 46.2. The standard InChI is InChI=1S/C68H69BN4O2/c1-41-23-21-24-42(2)58(41)60-56-29-22-30-57-73(56)69(53-36-46(35-51(59(53)60)67(9,10)11)54-37-45(33-34-70-54)43-25-17-15-18-26-43)62-64(75-57)72(55-32-31-47(65(3,4)5)38-49(55)44-27-19-16-20-28-44)63(71-62)50-39-48(66(6,7)8)40-52(61(50)74)68(12,13)14/h15-40,74H,1-14H3. The molecule has 0 spiro atoms. The van der Waals surface area contributed by atoms with Crippen LogP contribution in [0, 0.1) is 13.8 Å². The summed E-state index contributed by atoms with van der Waals surface area (Å²) in [5, 5.41) is 12.9. The molecule has 0 bridgehead atoms. The highest BCUT2D eigenvalue weighted by Gasteiger charge is 2.50. The maximum absolute atomic E-state index is 12.9. The first kappa shape index (κ1) is 49.6. The van der Waals surface area contributed by atoms with Crippen molar-refractivity contribution >= 4 is 23.5 Å². The van der Waals surface area contributed by atoms with Crippen LogP contribution >= 0.6 is 0 Å². The van der Waals surface area contributed by atoms with Crippen molar-refractivity contribution in [1.29, 1.82) is 0 Å². The third kappa shape index (κ3) is 8.55. The van der Waals surface area contributed by atoms with Crippen LogP contribution in [0.5, 0.6) is 11.6 Å². The molecule has 0 atom stereocenters. The van der Waals surface area contributed by atoms with E-state index in [0.717, 1.165) is 67.1 Å². The van der Waals surface area contributed by atoms with Gasteiger partial charge in [0.2, 0.25) is 5.88 Å². The van der Waals surface area contributed by atoms with Crippen LogP contribution in [0.4, 0.5) is 0 Å². The molecule has 2 aromatic heterocycles. The van der Waals surface area contributed by atoms with Gasteiger partial charge in [0.25, 0.3) is 0 Å². The zero-order valence-corrected chi connectivity index (χ0v) is 46.2. The van der Waals surface area contributed by atoms with Crippen molar-refractivity contribution in [3.8, 4) is 62.2 Å². The van der Waals surface area contributed by atoms with Gasteiger partial charge in [-0.3, -0.25) is 9.55 Å². The fourth-order valence-electron chi connectivity index (χ4n) is 11.4. The van der Waals surface area contributed by atoms with Crippen LogP contribution in [0.1, 0.15) is 128 Å². The van der Waals surface area contributed by atoms with Crippen molar-refractivity contribution in [2.45, 2.75) is 119 Å². The molecule has 0 radical (unpaired) electrons. The topological polar surface area (TPSA) is 63.4 Å². The Labute approximate surface area is 445 Å². The number of hydrogen-bond acceptors (Lipinski definition) is 5. The number of benzene rings is 6. The van der Waals surface area contributed by atoms with Crippen LogP contribution in [0.15, 0.2) is 169 Å². The van der Waals surface area contributed by atoms with Crippen LogP contribution in [-0.2, 0) is 21.7 Å². The molecule has 8 aromatic rings. The maximum Gasteiger partial charge on any atom is 0.358 e. The number of imidazole rings is 1. The number of hydrogen-bond donors (Lipinski definition) is 1. The molecule has 75 heavy (non-hydrogen) atoms. The summed E-state index contributed by atoms with van der Waals surface area (Å²) in [5.74, 6) is 2.14. The molecule has 0 aliphatic carbocycles. The van der Waals surface area contributed by atoms with Gasteiger partial charge in [0.1, 0.15) is 5.75 Å². The molecule has 1 N–H and O–H groups in total. The summed E-state index contributed by atoms with van der Waals surface area (Å²) >= 11 is 0. The predicted molar refractivity (Wildman–Crippen MR) is 313 cm³/mol. The van der Waals surface area contributed by atoms with Gasteiger partial charge in [0.05, 0.1) is 22.5 Å². The number of nitrogens with zero attached hydrogens (tertiary/aromatic N) is 4. The highest BCUT2D eigenvalue weighted by Crippen LogP contribution is 2.49. The van der Waals surface area contributed by atoms with E-state index in [1.807, 2.05) is 6.20 Å². The van der Waals surface area contributed by atoms with Crippen molar-refractivity contribution in [2.75, 3.05) is 0 Å². The molecular formula is C68H69BN4O2. The van der Waals surface area contributed by atoms with E-state index >= 15 is 0 Å². The number of allylic oxidation sites excluding steroid dienone is 3. The summed E-state index contributed by atoms with van der Waals surface area (Å²) in [6.45, 7) is 31.0. The first-order valence-electron chi connectivity index (χ1n) is 26.6. The first-order chi connectivity index (χ1) is 35.5. The quantitative estimate of drug-likeness (QED) is 0.168. The molecule has 5 heterocycles. The molecule has 0 saturated heterocycles. The SMILES string of the molecule is Cc1cccc(C)c1C1=C2C=CC=C3Oc4c(nc(-c5cc(C(C)(C)C)cc(C(C)(C)C)c5O)n4-c4ccc(C(C)(C)C)cc4-c4ccccc4)B(c4cc(-c5cc(-c6ccccc6)ccn5)cc(C(C)(C)C)c41)N32. The monoisotopic (exact) mass is 985 g/mol. The molecule has 7 heteroatoms. The van der Waals surface area contributed by atoms with E-state index in [4.69, 9.17) is 14.7 Å². The largest absolute Gasteiger partial charge is 0.507 e. The minimum atomic E-state index is -0.453. The summed E-state index contributed by atoms with van der Waals surface area (Å²) in [7, 11) is 0.